The Balaban J connectivity index is 1.64. The third-order valence-electron chi connectivity index (χ3n) is 5.43. The zero-order valence-corrected chi connectivity index (χ0v) is 23.1. The fraction of sp³-hybridized carbons (Fsp3) is 0.320. The maximum absolute atomic E-state index is 13.4. The van der Waals surface area contributed by atoms with Gasteiger partial charge in [0.1, 0.15) is 0 Å². The Kier molecular flexibility index (Phi) is 10.0. The SMILES string of the molecule is CC(=O)OCO/N=N\N(C)CCCC(=O)NS(=O)(=O)c1ccc(-n2nc(C(F)(F)F)cc2-c2ccc(C)cc2)cc1. The second kappa shape index (κ2) is 13.3. The molecule has 0 saturated carbocycles. The van der Waals surface area contributed by atoms with Crippen LogP contribution in [0.4, 0.5) is 13.2 Å². The summed E-state index contributed by atoms with van der Waals surface area (Å²) in [4.78, 5) is 27.2. The maximum Gasteiger partial charge on any atom is 0.435 e. The number of nitrogens with zero attached hydrogens (tertiary/aromatic N) is 5. The fourth-order valence-electron chi connectivity index (χ4n) is 3.41. The molecule has 0 aliphatic rings. The number of hydrogen-bond acceptors (Lipinski definition) is 9. The number of alkyl halides is 3. The second-order valence-electron chi connectivity index (χ2n) is 8.75. The number of carbonyl (C=O) groups is 2. The molecule has 1 N–H and O–H groups in total. The third kappa shape index (κ3) is 9.02. The van der Waals surface area contributed by atoms with Crippen molar-refractivity contribution in [3.05, 3.63) is 65.9 Å². The van der Waals surface area contributed by atoms with E-state index in [1.54, 1.807) is 24.3 Å². The number of amides is 1. The largest absolute Gasteiger partial charge is 0.435 e. The lowest BCUT2D eigenvalue weighted by molar-refractivity contribution is -0.154. The highest BCUT2D eigenvalue weighted by molar-refractivity contribution is 7.90. The molecule has 2 aromatic carbocycles. The Morgan fingerprint density at radius 3 is 2.37 bits per heavy atom. The van der Waals surface area contributed by atoms with Crippen LogP contribution in [0, 0.1) is 6.92 Å². The van der Waals surface area contributed by atoms with E-state index in [-0.39, 0.29) is 35.7 Å². The van der Waals surface area contributed by atoms with Crippen LogP contribution in [-0.4, -0.2) is 55.5 Å². The van der Waals surface area contributed by atoms with E-state index in [1.807, 2.05) is 11.6 Å². The highest BCUT2D eigenvalue weighted by Crippen LogP contribution is 2.33. The Morgan fingerprint density at radius 1 is 1.10 bits per heavy atom. The summed E-state index contributed by atoms with van der Waals surface area (Å²) in [6.45, 7) is 2.87. The summed E-state index contributed by atoms with van der Waals surface area (Å²) < 4.78 is 73.2. The lowest BCUT2D eigenvalue weighted by Crippen LogP contribution is -2.31. The van der Waals surface area contributed by atoms with Gasteiger partial charge < -0.3 is 9.57 Å². The van der Waals surface area contributed by atoms with Crippen molar-refractivity contribution in [1.82, 2.24) is 19.5 Å². The summed E-state index contributed by atoms with van der Waals surface area (Å²) in [5.74, 6) is -1.32. The number of nitrogens with one attached hydrogen (secondary N) is 1. The van der Waals surface area contributed by atoms with E-state index in [2.05, 4.69) is 25.2 Å². The molecule has 0 aliphatic heterocycles. The average molecular weight is 597 g/mol. The van der Waals surface area contributed by atoms with Crippen molar-refractivity contribution in [2.75, 3.05) is 20.4 Å². The van der Waals surface area contributed by atoms with Crippen molar-refractivity contribution in [3.8, 4) is 16.9 Å². The van der Waals surface area contributed by atoms with Crippen molar-refractivity contribution in [2.45, 2.75) is 37.8 Å². The van der Waals surface area contributed by atoms with Crippen molar-refractivity contribution < 1.29 is 40.8 Å². The van der Waals surface area contributed by atoms with Crippen LogP contribution in [0.2, 0.25) is 0 Å². The highest BCUT2D eigenvalue weighted by Gasteiger charge is 2.35. The lowest BCUT2D eigenvalue weighted by Gasteiger charge is -2.12. The number of aromatic nitrogens is 2. The van der Waals surface area contributed by atoms with Gasteiger partial charge in [-0.25, -0.2) is 17.8 Å². The number of ether oxygens (including phenoxy) is 1. The van der Waals surface area contributed by atoms with Gasteiger partial charge in [-0.2, -0.15) is 18.3 Å². The second-order valence-corrected chi connectivity index (χ2v) is 10.4. The molecule has 220 valence electrons. The van der Waals surface area contributed by atoms with Crippen LogP contribution in [0.25, 0.3) is 16.9 Å². The monoisotopic (exact) mass is 596 g/mol. The van der Waals surface area contributed by atoms with Gasteiger partial charge in [0, 0.05) is 37.8 Å². The lowest BCUT2D eigenvalue weighted by atomic mass is 10.1. The summed E-state index contributed by atoms with van der Waals surface area (Å²) in [6.07, 6.45) is -4.61. The summed E-state index contributed by atoms with van der Waals surface area (Å²) in [5, 5.41) is 12.0. The number of aryl methyl sites for hydroxylation is 1. The van der Waals surface area contributed by atoms with Gasteiger partial charge in [0.05, 0.1) is 16.3 Å². The van der Waals surface area contributed by atoms with Crippen LogP contribution in [0.1, 0.15) is 31.0 Å². The van der Waals surface area contributed by atoms with Crippen molar-refractivity contribution >= 4 is 21.9 Å². The zero-order chi connectivity index (χ0) is 30.2. The van der Waals surface area contributed by atoms with E-state index in [0.717, 1.165) is 16.3 Å². The molecule has 1 amide bonds. The first-order valence-corrected chi connectivity index (χ1v) is 13.5. The molecule has 41 heavy (non-hydrogen) atoms. The van der Waals surface area contributed by atoms with Gasteiger partial charge in [0.2, 0.25) is 5.91 Å². The smallest absolute Gasteiger partial charge is 0.426 e. The van der Waals surface area contributed by atoms with E-state index in [9.17, 15) is 31.2 Å². The Morgan fingerprint density at radius 2 is 1.76 bits per heavy atom. The Bertz CT molecular complexity index is 1490. The van der Waals surface area contributed by atoms with Gasteiger partial charge >= 0.3 is 12.1 Å². The summed E-state index contributed by atoms with van der Waals surface area (Å²) >= 11 is 0. The highest BCUT2D eigenvalue weighted by atomic mass is 32.2. The third-order valence-corrected chi connectivity index (χ3v) is 6.82. The van der Waals surface area contributed by atoms with E-state index in [1.165, 1.54) is 43.2 Å². The molecule has 12 nitrogen and oxygen atoms in total. The van der Waals surface area contributed by atoms with Crippen LogP contribution in [0.5, 0.6) is 0 Å². The summed E-state index contributed by atoms with van der Waals surface area (Å²) in [7, 11) is -2.71. The Labute approximate surface area is 233 Å². The molecule has 0 aliphatic carbocycles. The normalized spacial score (nSPS) is 11.9. The number of sulfonamides is 1. The molecule has 1 heterocycles. The average Bonchev–Trinajstić information content (AvgIpc) is 3.35. The molecule has 0 fully saturated rings. The Hall–Kier alpha value is -4.47. The molecular weight excluding hydrogens is 569 g/mol. The van der Waals surface area contributed by atoms with Gasteiger partial charge in [-0.1, -0.05) is 29.8 Å². The van der Waals surface area contributed by atoms with Crippen LogP contribution in [0.3, 0.4) is 0 Å². The standard InChI is InChI=1S/C25H27F3N6O6S/c1-17-6-8-19(9-7-17)22-15-23(25(26,27)28)29-34(22)20-10-12-21(13-11-20)41(37,38)30-24(36)5-4-14-33(3)31-32-40-16-39-18(2)35/h6-13,15H,4-5,14,16H2,1-3H3,(H,30,36)/b32-31-. The van der Waals surface area contributed by atoms with Crippen LogP contribution >= 0.6 is 0 Å². The molecule has 0 spiro atoms. The molecular formula is C25H27F3N6O6S. The summed E-state index contributed by atoms with van der Waals surface area (Å²) in [6, 6.07) is 12.7. The van der Waals surface area contributed by atoms with Gasteiger partial charge in [0.25, 0.3) is 16.8 Å². The molecule has 3 aromatic rings. The number of halogens is 3. The number of carbonyl (C=O) groups excluding carboxylic acids is 2. The van der Waals surface area contributed by atoms with Crippen LogP contribution in [-0.2, 0) is 35.4 Å². The first-order chi connectivity index (χ1) is 19.3. The minimum Gasteiger partial charge on any atom is -0.426 e. The molecule has 1 aromatic heterocycles. The number of rotatable bonds is 12. The minimum absolute atomic E-state index is 0.154. The summed E-state index contributed by atoms with van der Waals surface area (Å²) in [5.41, 5.74) is 0.674. The predicted molar refractivity (Wildman–Crippen MR) is 139 cm³/mol. The first kappa shape index (κ1) is 31.1. The topological polar surface area (TPSA) is 145 Å². The number of benzene rings is 2. The quantitative estimate of drug-likeness (QED) is 0.108. The molecule has 0 saturated heterocycles. The van der Waals surface area contributed by atoms with E-state index in [4.69, 9.17) is 0 Å². The van der Waals surface area contributed by atoms with Crippen molar-refractivity contribution in [2.24, 2.45) is 10.5 Å². The molecule has 0 atom stereocenters. The van der Waals surface area contributed by atoms with Gasteiger partial charge in [-0.05, 0) is 48.9 Å². The van der Waals surface area contributed by atoms with Crippen LogP contribution < -0.4 is 4.72 Å². The van der Waals surface area contributed by atoms with E-state index >= 15 is 0 Å². The van der Waals surface area contributed by atoms with E-state index < -0.39 is 40.6 Å². The fourth-order valence-corrected chi connectivity index (χ4v) is 4.42. The predicted octanol–water partition coefficient (Wildman–Crippen LogP) is 4.20. The molecule has 16 heteroatoms. The molecule has 0 unspecified atom stereocenters. The van der Waals surface area contributed by atoms with E-state index in [0.29, 0.717) is 5.56 Å². The number of esters is 1. The maximum atomic E-state index is 13.4. The first-order valence-electron chi connectivity index (χ1n) is 12.0. The molecule has 0 bridgehead atoms. The molecule has 0 radical (unpaired) electrons. The zero-order valence-electron chi connectivity index (χ0n) is 22.3. The van der Waals surface area contributed by atoms with Crippen molar-refractivity contribution in [3.63, 3.8) is 0 Å². The number of hydrogen-bond donors (Lipinski definition) is 1. The van der Waals surface area contributed by atoms with Crippen molar-refractivity contribution in [1.29, 1.82) is 0 Å². The van der Waals surface area contributed by atoms with Crippen LogP contribution in [0.15, 0.2) is 70.0 Å². The van der Waals surface area contributed by atoms with Gasteiger partial charge in [-0.15, -0.1) is 0 Å². The minimum atomic E-state index is -4.69. The van der Waals surface area contributed by atoms with Gasteiger partial charge in [0.15, 0.2) is 5.69 Å². The molecule has 3 rings (SSSR count). The van der Waals surface area contributed by atoms with Gasteiger partial charge in [-0.3, -0.25) is 14.6 Å².